The van der Waals surface area contributed by atoms with E-state index in [0.29, 0.717) is 11.3 Å². The van der Waals surface area contributed by atoms with Crippen LogP contribution in [0.1, 0.15) is 55.2 Å². The first-order chi connectivity index (χ1) is 14.6. The van der Waals surface area contributed by atoms with Crippen LogP contribution in [0.25, 0.3) is 5.83 Å². The average Bonchev–Trinajstić information content (AvgIpc) is 3.28. The molecular formula is C26H29FN2O. The zero-order valence-corrected chi connectivity index (χ0v) is 17.4. The van der Waals surface area contributed by atoms with Gasteiger partial charge in [-0.2, -0.15) is 5.26 Å². The lowest BCUT2D eigenvalue weighted by molar-refractivity contribution is 0.178. The van der Waals surface area contributed by atoms with Gasteiger partial charge in [-0.25, -0.2) is 4.39 Å². The van der Waals surface area contributed by atoms with Gasteiger partial charge in [0.25, 0.3) is 0 Å². The van der Waals surface area contributed by atoms with Crippen LogP contribution in [0.15, 0.2) is 55.1 Å². The highest BCUT2D eigenvalue weighted by Crippen LogP contribution is 2.40. The molecule has 1 aliphatic heterocycles. The second kappa shape index (κ2) is 9.02. The Hall–Kier alpha value is -2.64. The molecule has 0 spiro atoms. The minimum Gasteiger partial charge on any atom is -0.490 e. The van der Waals surface area contributed by atoms with Crippen LogP contribution in [0, 0.1) is 11.3 Å². The molecular weight excluding hydrogens is 375 g/mol. The second-order valence-electron chi connectivity index (χ2n) is 8.60. The topological polar surface area (TPSA) is 36.3 Å². The summed E-state index contributed by atoms with van der Waals surface area (Å²) in [5.41, 5.74) is 2.07. The summed E-state index contributed by atoms with van der Waals surface area (Å²) in [6.07, 6.45) is 5.94. The molecule has 156 valence electrons. The monoisotopic (exact) mass is 404 g/mol. The number of piperidine rings is 1. The molecule has 1 aliphatic carbocycles. The second-order valence-corrected chi connectivity index (χ2v) is 8.60. The summed E-state index contributed by atoms with van der Waals surface area (Å²) in [4.78, 5) is 2.40. The van der Waals surface area contributed by atoms with Crippen molar-refractivity contribution in [1.29, 1.82) is 5.26 Å². The number of benzene rings is 2. The summed E-state index contributed by atoms with van der Waals surface area (Å²) >= 11 is 0. The van der Waals surface area contributed by atoms with Crippen molar-refractivity contribution < 1.29 is 9.13 Å². The molecule has 0 unspecified atom stereocenters. The summed E-state index contributed by atoms with van der Waals surface area (Å²) in [5.74, 6) is 0.0477. The highest BCUT2D eigenvalue weighted by molar-refractivity contribution is 5.64. The van der Waals surface area contributed by atoms with Gasteiger partial charge in [0.15, 0.2) is 0 Å². The molecule has 1 saturated carbocycles. The molecule has 1 heterocycles. The fourth-order valence-corrected chi connectivity index (χ4v) is 4.73. The van der Waals surface area contributed by atoms with Crippen LogP contribution < -0.4 is 4.74 Å². The van der Waals surface area contributed by atoms with E-state index in [1.807, 2.05) is 18.2 Å². The predicted octanol–water partition coefficient (Wildman–Crippen LogP) is 6.01. The molecule has 0 bridgehead atoms. The lowest BCUT2D eigenvalue weighted by Crippen LogP contribution is -2.41. The summed E-state index contributed by atoms with van der Waals surface area (Å²) in [6.45, 7) is 6.09. The van der Waals surface area contributed by atoms with Crippen LogP contribution >= 0.6 is 0 Å². The van der Waals surface area contributed by atoms with E-state index in [2.05, 4.69) is 41.8 Å². The van der Waals surface area contributed by atoms with Gasteiger partial charge in [-0.05, 0) is 61.8 Å². The number of nitrogens with zero attached hydrogens (tertiary/aromatic N) is 2. The molecule has 4 rings (SSSR count). The lowest BCUT2D eigenvalue weighted by atomic mass is 9.73. The maximum atomic E-state index is 14.0. The maximum Gasteiger partial charge on any atom is 0.130 e. The third-order valence-electron chi connectivity index (χ3n) is 6.59. The molecule has 3 nitrogen and oxygen atoms in total. The summed E-state index contributed by atoms with van der Waals surface area (Å²) in [7, 11) is 0. The van der Waals surface area contributed by atoms with Crippen LogP contribution in [0.5, 0.6) is 5.75 Å². The Morgan fingerprint density at radius 2 is 1.83 bits per heavy atom. The zero-order valence-electron chi connectivity index (χ0n) is 17.4. The number of hydrogen-bond acceptors (Lipinski definition) is 3. The molecule has 0 atom stereocenters. The van der Waals surface area contributed by atoms with Gasteiger partial charge in [0.2, 0.25) is 0 Å². The first-order valence-electron chi connectivity index (χ1n) is 10.9. The molecule has 4 heteroatoms. The molecule has 0 aromatic heterocycles. The van der Waals surface area contributed by atoms with Crippen LogP contribution in [0.3, 0.4) is 0 Å². The average molecular weight is 405 g/mol. The molecule has 2 aromatic carbocycles. The number of halogens is 1. The van der Waals surface area contributed by atoms with E-state index in [0.717, 1.165) is 63.7 Å². The summed E-state index contributed by atoms with van der Waals surface area (Å²) in [6, 6.07) is 18.5. The highest BCUT2D eigenvalue weighted by Gasteiger charge is 2.37. The number of hydrogen-bond donors (Lipinski definition) is 0. The van der Waals surface area contributed by atoms with Gasteiger partial charge in [-0.15, -0.1) is 0 Å². The van der Waals surface area contributed by atoms with Crippen molar-refractivity contribution in [3.63, 3.8) is 0 Å². The lowest BCUT2D eigenvalue weighted by Gasteiger charge is -2.38. The largest absolute Gasteiger partial charge is 0.490 e. The number of rotatable bonds is 6. The standard InChI is InChI=1S/C26H29FN2O/c1-20(27)24-12-11-22(17-25(24)30-23-9-5-6-10-23)26(19-28)13-15-29(16-14-26)18-21-7-3-2-4-8-21/h2-4,7-8,11-12,17,23H,1,5-6,9-10,13-16,18H2. The minimum absolute atomic E-state index is 0.129. The normalized spacial score (nSPS) is 19.3. The first kappa shape index (κ1) is 20.6. The molecule has 0 radical (unpaired) electrons. The molecule has 30 heavy (non-hydrogen) atoms. The van der Waals surface area contributed by atoms with E-state index in [1.54, 1.807) is 6.07 Å². The molecule has 2 aliphatic rings. The Bertz CT molecular complexity index is 920. The smallest absolute Gasteiger partial charge is 0.130 e. The number of ether oxygens (including phenoxy) is 1. The van der Waals surface area contributed by atoms with E-state index in [1.165, 1.54) is 5.56 Å². The van der Waals surface area contributed by atoms with Crippen molar-refractivity contribution in [2.24, 2.45) is 0 Å². The van der Waals surface area contributed by atoms with E-state index in [9.17, 15) is 9.65 Å². The van der Waals surface area contributed by atoms with Gasteiger partial charge in [-0.3, -0.25) is 4.90 Å². The Morgan fingerprint density at radius 1 is 1.13 bits per heavy atom. The van der Waals surface area contributed by atoms with Crippen molar-refractivity contribution in [2.45, 2.75) is 56.6 Å². The van der Waals surface area contributed by atoms with Gasteiger partial charge in [-0.1, -0.05) is 43.0 Å². The van der Waals surface area contributed by atoms with Crippen molar-refractivity contribution >= 4 is 5.83 Å². The zero-order chi connectivity index (χ0) is 21.0. The molecule has 2 fully saturated rings. The minimum atomic E-state index is -0.558. The van der Waals surface area contributed by atoms with Crippen molar-refractivity contribution in [2.75, 3.05) is 13.1 Å². The third-order valence-corrected chi connectivity index (χ3v) is 6.59. The van der Waals surface area contributed by atoms with Crippen LogP contribution in [-0.2, 0) is 12.0 Å². The van der Waals surface area contributed by atoms with Crippen LogP contribution in [0.4, 0.5) is 4.39 Å². The molecule has 0 amide bonds. The Morgan fingerprint density at radius 3 is 2.47 bits per heavy atom. The SMILES string of the molecule is C=C(F)c1ccc(C2(C#N)CCN(Cc3ccccc3)CC2)cc1OC1CCCC1. The summed E-state index contributed by atoms with van der Waals surface area (Å²) < 4.78 is 20.2. The Kier molecular flexibility index (Phi) is 6.20. The van der Waals surface area contributed by atoms with E-state index >= 15 is 0 Å². The predicted molar refractivity (Wildman–Crippen MR) is 118 cm³/mol. The number of nitriles is 1. The van der Waals surface area contributed by atoms with Crippen LogP contribution in [0.2, 0.25) is 0 Å². The molecule has 1 saturated heterocycles. The van der Waals surface area contributed by atoms with E-state index < -0.39 is 11.2 Å². The quantitative estimate of drug-likeness (QED) is 0.592. The summed E-state index contributed by atoms with van der Waals surface area (Å²) in [5, 5.41) is 10.1. The van der Waals surface area contributed by atoms with Gasteiger partial charge < -0.3 is 4.74 Å². The molecule has 0 N–H and O–H groups in total. The fourth-order valence-electron chi connectivity index (χ4n) is 4.73. The van der Waals surface area contributed by atoms with Crippen LogP contribution in [-0.4, -0.2) is 24.1 Å². The molecule has 2 aromatic rings. The van der Waals surface area contributed by atoms with Gasteiger partial charge in [0.05, 0.1) is 23.2 Å². The van der Waals surface area contributed by atoms with E-state index in [4.69, 9.17) is 4.74 Å². The van der Waals surface area contributed by atoms with Gasteiger partial charge in [0.1, 0.15) is 11.6 Å². The first-order valence-corrected chi connectivity index (χ1v) is 10.9. The maximum absolute atomic E-state index is 14.0. The van der Waals surface area contributed by atoms with Crippen molar-refractivity contribution in [3.8, 4) is 11.8 Å². The van der Waals surface area contributed by atoms with Crippen molar-refractivity contribution in [3.05, 3.63) is 71.8 Å². The highest BCUT2D eigenvalue weighted by atomic mass is 19.1. The van der Waals surface area contributed by atoms with Gasteiger partial charge >= 0.3 is 0 Å². The Balaban J connectivity index is 1.52. The third kappa shape index (κ3) is 4.42. The van der Waals surface area contributed by atoms with E-state index in [-0.39, 0.29) is 6.10 Å². The van der Waals surface area contributed by atoms with Gasteiger partial charge in [0, 0.05) is 19.6 Å². The number of likely N-dealkylation sites (tertiary alicyclic amines) is 1. The fraction of sp³-hybridized carbons (Fsp3) is 0.423. The Labute approximate surface area is 178 Å². The van der Waals surface area contributed by atoms with Crippen molar-refractivity contribution in [1.82, 2.24) is 4.90 Å².